The number of hydrogen-bond acceptors (Lipinski definition) is 2. The van der Waals surface area contributed by atoms with Gasteiger partial charge in [-0.2, -0.15) is 0 Å². The van der Waals surface area contributed by atoms with Crippen LogP contribution < -0.4 is 4.74 Å². The van der Waals surface area contributed by atoms with E-state index in [1.807, 2.05) is 0 Å². The van der Waals surface area contributed by atoms with Crippen molar-refractivity contribution in [3.63, 3.8) is 0 Å². The minimum absolute atomic E-state index is 0.00416. The molecule has 2 rings (SSSR count). The smallest absolute Gasteiger partial charge is 0.406 e. The van der Waals surface area contributed by atoms with Crippen LogP contribution >= 0.6 is 0 Å². The zero-order valence-corrected chi connectivity index (χ0v) is 10.7. The van der Waals surface area contributed by atoms with Gasteiger partial charge in [0.2, 0.25) is 0 Å². The Morgan fingerprint density at radius 1 is 1.05 bits per heavy atom. The van der Waals surface area contributed by atoms with Gasteiger partial charge in [0.25, 0.3) is 0 Å². The lowest BCUT2D eigenvalue weighted by atomic mass is 10.00. The molecular formula is C15H10F4O2. The summed E-state index contributed by atoms with van der Waals surface area (Å²) < 4.78 is 54.0. The molecule has 6 heteroatoms. The third-order valence-corrected chi connectivity index (χ3v) is 2.81. The fourth-order valence-corrected chi connectivity index (χ4v) is 1.89. The fraction of sp³-hybridized carbons (Fsp3) is 0.133. The molecule has 0 saturated carbocycles. The first-order valence-corrected chi connectivity index (χ1v) is 5.96. The lowest BCUT2D eigenvalue weighted by Gasteiger charge is -2.12. The van der Waals surface area contributed by atoms with Gasteiger partial charge in [0.05, 0.1) is 0 Å². The average Bonchev–Trinajstić information content (AvgIpc) is 2.40. The summed E-state index contributed by atoms with van der Waals surface area (Å²) in [7, 11) is 0. The average molecular weight is 298 g/mol. The summed E-state index contributed by atoms with van der Waals surface area (Å²) in [4.78, 5) is 10.9. The molecule has 0 aliphatic rings. The molecule has 0 heterocycles. The van der Waals surface area contributed by atoms with Gasteiger partial charge in [0, 0.05) is 12.0 Å². The Labute approximate surface area is 118 Å². The number of hydrogen-bond donors (Lipinski definition) is 0. The first-order valence-electron chi connectivity index (χ1n) is 5.96. The standard InChI is InChI=1S/C15H10F4O2/c16-14-4-2-1-3-10(14)7-12-8-13(21-15(17,18)19)6-5-11(12)9-20/h1-6,8-9H,7H2. The molecule has 0 radical (unpaired) electrons. The summed E-state index contributed by atoms with van der Waals surface area (Å²) in [5.74, 6) is -0.934. The molecule has 0 saturated heterocycles. The van der Waals surface area contributed by atoms with Gasteiger partial charge in [0.1, 0.15) is 17.9 Å². The van der Waals surface area contributed by atoms with Crippen LogP contribution in [0.4, 0.5) is 17.6 Å². The normalized spacial score (nSPS) is 11.2. The maximum atomic E-state index is 13.6. The highest BCUT2D eigenvalue weighted by atomic mass is 19.4. The number of carbonyl (C=O) groups is 1. The van der Waals surface area contributed by atoms with Gasteiger partial charge in [-0.1, -0.05) is 18.2 Å². The van der Waals surface area contributed by atoms with Gasteiger partial charge in [-0.3, -0.25) is 4.79 Å². The van der Waals surface area contributed by atoms with Gasteiger partial charge in [-0.15, -0.1) is 13.2 Å². The highest BCUT2D eigenvalue weighted by Gasteiger charge is 2.31. The van der Waals surface area contributed by atoms with E-state index in [0.29, 0.717) is 6.29 Å². The van der Waals surface area contributed by atoms with Gasteiger partial charge in [-0.05, 0) is 35.4 Å². The Hall–Kier alpha value is -2.37. The van der Waals surface area contributed by atoms with Crippen LogP contribution in [0.15, 0.2) is 42.5 Å². The van der Waals surface area contributed by atoms with E-state index in [4.69, 9.17) is 0 Å². The largest absolute Gasteiger partial charge is 0.573 e. The van der Waals surface area contributed by atoms with Crippen molar-refractivity contribution < 1.29 is 27.1 Å². The molecule has 0 unspecified atom stereocenters. The molecule has 0 aromatic heterocycles. The Morgan fingerprint density at radius 2 is 1.76 bits per heavy atom. The number of rotatable bonds is 4. The zero-order valence-electron chi connectivity index (χ0n) is 10.7. The number of alkyl halides is 3. The number of benzene rings is 2. The second kappa shape index (κ2) is 5.95. The van der Waals surface area contributed by atoms with Gasteiger partial charge in [-0.25, -0.2) is 4.39 Å². The number of carbonyl (C=O) groups excluding carboxylic acids is 1. The molecule has 0 atom stereocenters. The second-order valence-corrected chi connectivity index (χ2v) is 4.29. The van der Waals surface area contributed by atoms with Crippen molar-refractivity contribution in [1.82, 2.24) is 0 Å². The van der Waals surface area contributed by atoms with Crippen LogP contribution in [-0.2, 0) is 6.42 Å². The van der Waals surface area contributed by atoms with Crippen LogP contribution in [-0.4, -0.2) is 12.6 Å². The van der Waals surface area contributed by atoms with Gasteiger partial charge < -0.3 is 4.74 Å². The van der Waals surface area contributed by atoms with Crippen LogP contribution in [0.5, 0.6) is 5.75 Å². The van der Waals surface area contributed by atoms with E-state index in [-0.39, 0.29) is 23.1 Å². The first kappa shape index (κ1) is 15.0. The van der Waals surface area contributed by atoms with Crippen LogP contribution in [0.3, 0.4) is 0 Å². The van der Waals surface area contributed by atoms with Crippen LogP contribution in [0.25, 0.3) is 0 Å². The summed E-state index contributed by atoms with van der Waals surface area (Å²) in [6.07, 6.45) is -4.32. The molecule has 21 heavy (non-hydrogen) atoms. The first-order chi connectivity index (χ1) is 9.89. The Morgan fingerprint density at radius 3 is 2.38 bits per heavy atom. The highest BCUT2D eigenvalue weighted by molar-refractivity contribution is 5.78. The second-order valence-electron chi connectivity index (χ2n) is 4.29. The summed E-state index contributed by atoms with van der Waals surface area (Å²) >= 11 is 0. The molecule has 0 spiro atoms. The van der Waals surface area contributed by atoms with E-state index in [2.05, 4.69) is 4.74 Å². The fourth-order valence-electron chi connectivity index (χ4n) is 1.89. The van der Waals surface area contributed by atoms with E-state index >= 15 is 0 Å². The van der Waals surface area contributed by atoms with E-state index in [0.717, 1.165) is 12.1 Å². The lowest BCUT2D eigenvalue weighted by molar-refractivity contribution is -0.274. The number of halogens is 4. The molecule has 2 aromatic rings. The third-order valence-electron chi connectivity index (χ3n) is 2.81. The van der Waals surface area contributed by atoms with Crippen LogP contribution in [0.1, 0.15) is 21.5 Å². The van der Waals surface area contributed by atoms with E-state index in [1.165, 1.54) is 24.3 Å². The van der Waals surface area contributed by atoms with Crippen LogP contribution in [0.2, 0.25) is 0 Å². The predicted octanol–water partition coefficient (Wildman–Crippen LogP) is 4.13. The van der Waals surface area contributed by atoms with Crippen molar-refractivity contribution in [3.05, 3.63) is 65.0 Å². The maximum Gasteiger partial charge on any atom is 0.573 e. The zero-order chi connectivity index (χ0) is 15.5. The molecule has 2 aromatic carbocycles. The third kappa shape index (κ3) is 4.05. The lowest BCUT2D eigenvalue weighted by Crippen LogP contribution is -2.17. The summed E-state index contributed by atoms with van der Waals surface area (Å²) in [6.45, 7) is 0. The van der Waals surface area contributed by atoms with Crippen molar-refractivity contribution in [2.45, 2.75) is 12.8 Å². The number of aldehydes is 1. The minimum Gasteiger partial charge on any atom is -0.406 e. The van der Waals surface area contributed by atoms with Crippen molar-refractivity contribution in [2.24, 2.45) is 0 Å². The quantitative estimate of drug-likeness (QED) is 0.626. The minimum atomic E-state index is -4.82. The predicted molar refractivity (Wildman–Crippen MR) is 67.7 cm³/mol. The molecule has 2 nitrogen and oxygen atoms in total. The maximum absolute atomic E-state index is 13.6. The molecule has 0 N–H and O–H groups in total. The highest BCUT2D eigenvalue weighted by Crippen LogP contribution is 2.26. The van der Waals surface area contributed by atoms with E-state index in [9.17, 15) is 22.4 Å². The van der Waals surface area contributed by atoms with E-state index < -0.39 is 17.9 Å². The summed E-state index contributed by atoms with van der Waals surface area (Å²) in [5.41, 5.74) is 0.731. The van der Waals surface area contributed by atoms with Gasteiger partial charge >= 0.3 is 6.36 Å². The Balaban J connectivity index is 2.34. The van der Waals surface area contributed by atoms with E-state index in [1.54, 1.807) is 6.07 Å². The topological polar surface area (TPSA) is 26.3 Å². The SMILES string of the molecule is O=Cc1ccc(OC(F)(F)F)cc1Cc1ccccc1F. The monoisotopic (exact) mass is 298 g/mol. The summed E-state index contributed by atoms with van der Waals surface area (Å²) in [5, 5.41) is 0. The van der Waals surface area contributed by atoms with Crippen molar-refractivity contribution in [2.75, 3.05) is 0 Å². The molecule has 0 fully saturated rings. The molecule has 0 amide bonds. The van der Waals surface area contributed by atoms with Crippen LogP contribution in [0, 0.1) is 5.82 Å². The Bertz CT molecular complexity index is 650. The number of ether oxygens (including phenoxy) is 1. The molecule has 0 aliphatic carbocycles. The Kier molecular flexibility index (Phi) is 4.26. The van der Waals surface area contributed by atoms with Gasteiger partial charge in [0.15, 0.2) is 0 Å². The van der Waals surface area contributed by atoms with Crippen molar-refractivity contribution >= 4 is 6.29 Å². The van der Waals surface area contributed by atoms with Crippen molar-refractivity contribution in [1.29, 1.82) is 0 Å². The molecular weight excluding hydrogens is 288 g/mol. The van der Waals surface area contributed by atoms with Crippen molar-refractivity contribution in [3.8, 4) is 5.75 Å². The molecule has 0 aliphatic heterocycles. The summed E-state index contributed by atoms with van der Waals surface area (Å²) in [6, 6.07) is 9.20. The molecule has 0 bridgehead atoms. The molecule has 110 valence electrons.